The smallest absolute Gasteiger partial charge is 0.244 e. The van der Waals surface area contributed by atoms with Gasteiger partial charge in [-0.1, -0.05) is 0 Å². The van der Waals surface area contributed by atoms with Gasteiger partial charge in [0.05, 0.1) is 12.8 Å². The molecule has 6 nitrogen and oxygen atoms in total. The van der Waals surface area contributed by atoms with Crippen LogP contribution in [0.3, 0.4) is 0 Å². The van der Waals surface area contributed by atoms with Crippen molar-refractivity contribution in [2.75, 3.05) is 18.2 Å². The fourth-order valence-electron chi connectivity index (χ4n) is 1.68. The summed E-state index contributed by atoms with van der Waals surface area (Å²) in [6, 6.07) is 8.34. The van der Waals surface area contributed by atoms with E-state index < -0.39 is 0 Å². The molecule has 104 valence electrons. The summed E-state index contributed by atoms with van der Waals surface area (Å²) >= 11 is 0. The summed E-state index contributed by atoms with van der Waals surface area (Å²) in [4.78, 5) is 23.0. The number of nitrogen functional groups attached to an aromatic ring is 1. The molecule has 0 aliphatic carbocycles. The fraction of sp³-hybridized carbons (Fsp3) is 0.143. The number of benzene rings is 1. The minimum atomic E-state index is -0.253. The number of pyridine rings is 1. The summed E-state index contributed by atoms with van der Waals surface area (Å²) in [6.07, 6.45) is 2.96. The number of anilines is 2. The van der Waals surface area contributed by atoms with Crippen molar-refractivity contribution in [1.29, 1.82) is 0 Å². The molecule has 3 N–H and O–H groups in total. The van der Waals surface area contributed by atoms with Gasteiger partial charge >= 0.3 is 0 Å². The first-order chi connectivity index (χ1) is 9.58. The van der Waals surface area contributed by atoms with Gasteiger partial charge in [0.15, 0.2) is 0 Å². The topological polar surface area (TPSA) is 86.3 Å². The van der Waals surface area contributed by atoms with E-state index in [0.29, 0.717) is 5.69 Å². The molecule has 0 aliphatic rings. The molecule has 1 aromatic carbocycles. The molecule has 20 heavy (non-hydrogen) atoms. The zero-order valence-corrected chi connectivity index (χ0v) is 11.0. The Morgan fingerprint density at radius 1 is 1.30 bits per heavy atom. The Balaban J connectivity index is 2.00. The lowest BCUT2D eigenvalue weighted by atomic mass is 10.3. The Labute approximate surface area is 115 Å². The van der Waals surface area contributed by atoms with Crippen molar-refractivity contribution < 1.29 is 9.53 Å². The Bertz CT molecular complexity index is 662. The van der Waals surface area contributed by atoms with E-state index >= 15 is 0 Å². The predicted octanol–water partition coefficient (Wildman–Crippen LogP) is 1.08. The second kappa shape index (κ2) is 5.92. The van der Waals surface area contributed by atoms with Crippen LogP contribution in [0.25, 0.3) is 0 Å². The number of carbonyl (C=O) groups excluding carboxylic acids is 1. The van der Waals surface area contributed by atoms with Crippen LogP contribution in [-0.4, -0.2) is 17.6 Å². The molecule has 0 saturated carbocycles. The molecule has 0 spiro atoms. The van der Waals surface area contributed by atoms with Crippen LogP contribution in [0, 0.1) is 0 Å². The standard InChI is InChI=1S/C14H15N3O3/c1-20-11-4-2-10(3-5-11)16-14(19)9-17-7-6-13(18)12(15)8-17/h2-8H,9,15H2,1H3,(H,16,19). The first-order valence-corrected chi connectivity index (χ1v) is 5.98. The number of hydrogen-bond donors (Lipinski definition) is 2. The molecule has 0 atom stereocenters. The average Bonchev–Trinajstić information content (AvgIpc) is 2.44. The number of aromatic nitrogens is 1. The van der Waals surface area contributed by atoms with Crippen LogP contribution >= 0.6 is 0 Å². The lowest BCUT2D eigenvalue weighted by Gasteiger charge is -2.08. The van der Waals surface area contributed by atoms with Gasteiger partial charge in [0.1, 0.15) is 12.3 Å². The molecule has 1 amide bonds. The highest BCUT2D eigenvalue weighted by atomic mass is 16.5. The Hall–Kier alpha value is -2.76. The van der Waals surface area contributed by atoms with E-state index in [4.69, 9.17) is 10.5 Å². The quantitative estimate of drug-likeness (QED) is 0.872. The van der Waals surface area contributed by atoms with Gasteiger partial charge in [-0.2, -0.15) is 0 Å². The number of carbonyl (C=O) groups is 1. The first kappa shape index (κ1) is 13.7. The maximum absolute atomic E-state index is 11.9. The predicted molar refractivity (Wildman–Crippen MR) is 76.7 cm³/mol. The highest BCUT2D eigenvalue weighted by Gasteiger charge is 2.04. The Morgan fingerprint density at radius 3 is 2.60 bits per heavy atom. The van der Waals surface area contributed by atoms with Crippen molar-refractivity contribution in [3.63, 3.8) is 0 Å². The SMILES string of the molecule is COc1ccc(NC(=O)Cn2ccc(=O)c(N)c2)cc1. The minimum Gasteiger partial charge on any atom is -0.497 e. The van der Waals surface area contributed by atoms with E-state index in [0.717, 1.165) is 5.75 Å². The van der Waals surface area contributed by atoms with Gasteiger partial charge in [-0.3, -0.25) is 9.59 Å². The summed E-state index contributed by atoms with van der Waals surface area (Å²) in [5, 5.41) is 2.74. The zero-order valence-electron chi connectivity index (χ0n) is 11.0. The molecule has 0 saturated heterocycles. The van der Waals surface area contributed by atoms with Crippen molar-refractivity contribution in [2.24, 2.45) is 0 Å². The van der Waals surface area contributed by atoms with Crippen molar-refractivity contribution in [1.82, 2.24) is 4.57 Å². The number of methoxy groups -OCH3 is 1. The van der Waals surface area contributed by atoms with E-state index in [1.165, 1.54) is 18.5 Å². The highest BCUT2D eigenvalue weighted by molar-refractivity contribution is 5.90. The highest BCUT2D eigenvalue weighted by Crippen LogP contribution is 2.14. The molecule has 6 heteroatoms. The third-order valence-electron chi connectivity index (χ3n) is 2.71. The van der Waals surface area contributed by atoms with Gasteiger partial charge in [0.2, 0.25) is 11.3 Å². The van der Waals surface area contributed by atoms with Crippen molar-refractivity contribution in [2.45, 2.75) is 6.54 Å². The molecule has 2 rings (SSSR count). The van der Waals surface area contributed by atoms with E-state index in [9.17, 15) is 9.59 Å². The first-order valence-electron chi connectivity index (χ1n) is 5.98. The van der Waals surface area contributed by atoms with E-state index in [2.05, 4.69) is 5.32 Å². The van der Waals surface area contributed by atoms with Gasteiger partial charge in [0.25, 0.3) is 0 Å². The molecule has 0 aliphatic heterocycles. The van der Waals surface area contributed by atoms with Gasteiger partial charge in [0, 0.05) is 24.1 Å². The van der Waals surface area contributed by atoms with E-state index in [-0.39, 0.29) is 23.6 Å². The molecule has 1 heterocycles. The molecule has 2 aromatic rings. The molecule has 0 bridgehead atoms. The largest absolute Gasteiger partial charge is 0.497 e. The van der Waals surface area contributed by atoms with Crippen molar-refractivity contribution >= 4 is 17.3 Å². The maximum Gasteiger partial charge on any atom is 0.244 e. The van der Waals surface area contributed by atoms with Gasteiger partial charge in [-0.15, -0.1) is 0 Å². The van der Waals surface area contributed by atoms with Crippen LogP contribution in [0.1, 0.15) is 0 Å². The number of amides is 1. The van der Waals surface area contributed by atoms with Gasteiger partial charge in [-0.05, 0) is 24.3 Å². The van der Waals surface area contributed by atoms with Gasteiger partial charge in [-0.25, -0.2) is 0 Å². The third-order valence-corrected chi connectivity index (χ3v) is 2.71. The number of nitrogens with zero attached hydrogens (tertiary/aromatic N) is 1. The fourth-order valence-corrected chi connectivity index (χ4v) is 1.68. The molecule has 0 unspecified atom stereocenters. The second-order valence-electron chi connectivity index (χ2n) is 4.21. The molecule has 0 radical (unpaired) electrons. The summed E-state index contributed by atoms with van der Waals surface area (Å²) in [6.45, 7) is 0.0799. The summed E-state index contributed by atoms with van der Waals surface area (Å²) in [7, 11) is 1.58. The second-order valence-corrected chi connectivity index (χ2v) is 4.21. The zero-order chi connectivity index (χ0) is 14.5. The molecule has 1 aromatic heterocycles. The average molecular weight is 273 g/mol. The lowest BCUT2D eigenvalue weighted by molar-refractivity contribution is -0.116. The van der Waals surface area contributed by atoms with Crippen LogP contribution in [0.5, 0.6) is 5.75 Å². The minimum absolute atomic E-state index is 0.0799. The van der Waals surface area contributed by atoms with Crippen LogP contribution < -0.4 is 21.2 Å². The Morgan fingerprint density at radius 2 is 2.00 bits per heavy atom. The molecular formula is C14H15N3O3. The number of hydrogen-bond acceptors (Lipinski definition) is 4. The number of rotatable bonds is 4. The number of nitrogens with one attached hydrogen (secondary N) is 1. The van der Waals surface area contributed by atoms with Crippen LogP contribution in [-0.2, 0) is 11.3 Å². The Kier molecular flexibility index (Phi) is 4.05. The molecule has 0 fully saturated rings. The van der Waals surface area contributed by atoms with Crippen LogP contribution in [0.2, 0.25) is 0 Å². The summed E-state index contributed by atoms with van der Waals surface area (Å²) in [5.41, 5.74) is 6.04. The van der Waals surface area contributed by atoms with Gasteiger partial charge < -0.3 is 20.4 Å². The normalized spacial score (nSPS) is 10.1. The summed E-state index contributed by atoms with van der Waals surface area (Å²) in [5.74, 6) is 0.509. The van der Waals surface area contributed by atoms with Crippen molar-refractivity contribution in [3.8, 4) is 5.75 Å². The third kappa shape index (κ3) is 3.38. The van der Waals surface area contributed by atoms with E-state index in [1.54, 1.807) is 35.9 Å². The lowest BCUT2D eigenvalue weighted by Crippen LogP contribution is -2.20. The monoisotopic (exact) mass is 273 g/mol. The number of nitrogens with two attached hydrogens (primary N) is 1. The van der Waals surface area contributed by atoms with Crippen LogP contribution in [0.4, 0.5) is 11.4 Å². The maximum atomic E-state index is 11.9. The van der Waals surface area contributed by atoms with Crippen molar-refractivity contribution in [3.05, 3.63) is 52.9 Å². The molecular weight excluding hydrogens is 258 g/mol. The van der Waals surface area contributed by atoms with E-state index in [1.807, 2.05) is 0 Å². The summed E-state index contributed by atoms with van der Waals surface area (Å²) < 4.78 is 6.59. The van der Waals surface area contributed by atoms with Crippen LogP contribution in [0.15, 0.2) is 47.5 Å². The number of ether oxygens (including phenoxy) is 1.